The van der Waals surface area contributed by atoms with Crippen LogP contribution in [-0.4, -0.2) is 19.1 Å². The van der Waals surface area contributed by atoms with Crippen molar-refractivity contribution in [3.8, 4) is 11.6 Å². The van der Waals surface area contributed by atoms with E-state index in [1.54, 1.807) is 13.3 Å². The van der Waals surface area contributed by atoms with Crippen LogP contribution in [0, 0.1) is 0 Å². The topological polar surface area (TPSA) is 43.4 Å². The van der Waals surface area contributed by atoms with E-state index in [2.05, 4.69) is 10.3 Å². The smallest absolute Gasteiger partial charge is 0.238 e. The molecule has 0 aliphatic rings. The number of methoxy groups -OCH3 is 1. The van der Waals surface area contributed by atoms with Crippen molar-refractivity contribution in [1.82, 2.24) is 10.3 Å². The largest absolute Gasteiger partial charge is 0.438 e. The van der Waals surface area contributed by atoms with Crippen LogP contribution in [0.5, 0.6) is 11.6 Å². The van der Waals surface area contributed by atoms with E-state index in [0.29, 0.717) is 23.3 Å². The van der Waals surface area contributed by atoms with E-state index in [1.165, 1.54) is 0 Å². The summed E-state index contributed by atoms with van der Waals surface area (Å²) in [4.78, 5) is 4.24. The van der Waals surface area contributed by atoms with E-state index in [-0.39, 0.29) is 0 Å². The van der Waals surface area contributed by atoms with Crippen LogP contribution in [0.1, 0.15) is 11.1 Å². The third kappa shape index (κ3) is 3.93. The summed E-state index contributed by atoms with van der Waals surface area (Å²) in [7, 11) is 3.53. The molecule has 2 aromatic rings. The molecule has 0 atom stereocenters. The van der Waals surface area contributed by atoms with Crippen molar-refractivity contribution in [2.24, 2.45) is 0 Å². The second kappa shape index (κ2) is 7.24. The van der Waals surface area contributed by atoms with Gasteiger partial charge in [0.05, 0.1) is 6.61 Å². The number of halogens is 1. The lowest BCUT2D eigenvalue weighted by Gasteiger charge is -2.09. The maximum absolute atomic E-state index is 6.18. The highest BCUT2D eigenvalue weighted by Crippen LogP contribution is 2.28. The SMILES string of the molecule is CNCc1cnc(Oc2cccc(COC)c2)c(Cl)c1. The summed E-state index contributed by atoms with van der Waals surface area (Å²) in [6.45, 7) is 1.26. The molecule has 0 spiro atoms. The van der Waals surface area contributed by atoms with E-state index >= 15 is 0 Å². The van der Waals surface area contributed by atoms with E-state index in [9.17, 15) is 0 Å². The summed E-state index contributed by atoms with van der Waals surface area (Å²) >= 11 is 6.18. The molecule has 0 unspecified atom stereocenters. The first-order chi connectivity index (χ1) is 9.72. The fourth-order valence-corrected chi connectivity index (χ4v) is 2.05. The first kappa shape index (κ1) is 14.8. The summed E-state index contributed by atoms with van der Waals surface area (Å²) < 4.78 is 10.8. The van der Waals surface area contributed by atoms with Gasteiger partial charge in [0.15, 0.2) is 0 Å². The lowest BCUT2D eigenvalue weighted by Crippen LogP contribution is -2.05. The highest BCUT2D eigenvalue weighted by atomic mass is 35.5. The number of rotatable bonds is 6. The highest BCUT2D eigenvalue weighted by molar-refractivity contribution is 6.31. The minimum atomic E-state index is 0.404. The van der Waals surface area contributed by atoms with Gasteiger partial charge in [-0.05, 0) is 36.4 Å². The molecular weight excluding hydrogens is 276 g/mol. The summed E-state index contributed by atoms with van der Waals surface area (Å²) in [6.07, 6.45) is 1.75. The van der Waals surface area contributed by atoms with Crippen molar-refractivity contribution in [2.45, 2.75) is 13.2 Å². The summed E-state index contributed by atoms with van der Waals surface area (Å²) in [5, 5.41) is 3.54. The fraction of sp³-hybridized carbons (Fsp3) is 0.267. The number of nitrogens with one attached hydrogen (secondary N) is 1. The Hall–Kier alpha value is -1.62. The molecule has 2 rings (SSSR count). The molecule has 106 valence electrons. The van der Waals surface area contributed by atoms with Gasteiger partial charge in [0, 0.05) is 19.9 Å². The number of ether oxygens (including phenoxy) is 2. The van der Waals surface area contributed by atoms with Crippen LogP contribution in [0.15, 0.2) is 36.5 Å². The van der Waals surface area contributed by atoms with E-state index in [1.807, 2.05) is 37.4 Å². The average Bonchev–Trinajstić information content (AvgIpc) is 2.43. The Morgan fingerprint density at radius 2 is 2.10 bits per heavy atom. The fourth-order valence-electron chi connectivity index (χ4n) is 1.82. The average molecular weight is 293 g/mol. The molecule has 1 aromatic carbocycles. The first-order valence-corrected chi connectivity index (χ1v) is 6.65. The quantitative estimate of drug-likeness (QED) is 0.886. The molecule has 20 heavy (non-hydrogen) atoms. The number of hydrogen-bond acceptors (Lipinski definition) is 4. The van der Waals surface area contributed by atoms with Crippen LogP contribution in [0.25, 0.3) is 0 Å². The molecule has 1 heterocycles. The molecule has 0 saturated carbocycles. The predicted octanol–water partition coefficient (Wildman–Crippen LogP) is 3.39. The van der Waals surface area contributed by atoms with Crippen molar-refractivity contribution >= 4 is 11.6 Å². The number of nitrogens with zero attached hydrogens (tertiary/aromatic N) is 1. The number of hydrogen-bond donors (Lipinski definition) is 1. The maximum Gasteiger partial charge on any atom is 0.238 e. The van der Waals surface area contributed by atoms with Crippen LogP contribution in [-0.2, 0) is 17.9 Å². The van der Waals surface area contributed by atoms with Gasteiger partial charge in [-0.1, -0.05) is 23.7 Å². The molecule has 0 saturated heterocycles. The maximum atomic E-state index is 6.18. The van der Waals surface area contributed by atoms with Gasteiger partial charge in [0.25, 0.3) is 0 Å². The normalized spacial score (nSPS) is 10.6. The van der Waals surface area contributed by atoms with Gasteiger partial charge in [-0.3, -0.25) is 0 Å². The van der Waals surface area contributed by atoms with Gasteiger partial charge in [0.1, 0.15) is 10.8 Å². The van der Waals surface area contributed by atoms with Gasteiger partial charge in [-0.2, -0.15) is 0 Å². The Bertz CT molecular complexity index is 576. The summed E-state index contributed by atoms with van der Waals surface area (Å²) in [6, 6.07) is 9.50. The minimum Gasteiger partial charge on any atom is -0.438 e. The second-order valence-corrected chi connectivity index (χ2v) is 4.75. The van der Waals surface area contributed by atoms with Gasteiger partial charge in [-0.15, -0.1) is 0 Å². The Balaban J connectivity index is 2.15. The summed E-state index contributed by atoms with van der Waals surface area (Å²) in [5.41, 5.74) is 2.05. The van der Waals surface area contributed by atoms with Gasteiger partial charge in [0.2, 0.25) is 5.88 Å². The van der Waals surface area contributed by atoms with Crippen LogP contribution in [0.4, 0.5) is 0 Å². The van der Waals surface area contributed by atoms with E-state index < -0.39 is 0 Å². The number of aromatic nitrogens is 1. The molecule has 1 aromatic heterocycles. The minimum absolute atomic E-state index is 0.404. The zero-order valence-electron chi connectivity index (χ0n) is 11.5. The van der Waals surface area contributed by atoms with Crippen molar-refractivity contribution in [3.63, 3.8) is 0 Å². The molecule has 4 nitrogen and oxygen atoms in total. The molecule has 1 N–H and O–H groups in total. The zero-order chi connectivity index (χ0) is 14.4. The lowest BCUT2D eigenvalue weighted by molar-refractivity contribution is 0.184. The first-order valence-electron chi connectivity index (χ1n) is 6.27. The molecule has 5 heteroatoms. The monoisotopic (exact) mass is 292 g/mol. The standard InChI is InChI=1S/C15H17ClN2O2/c1-17-8-12-7-14(16)15(18-9-12)20-13-5-3-4-11(6-13)10-19-2/h3-7,9,17H,8,10H2,1-2H3. The third-order valence-electron chi connectivity index (χ3n) is 2.67. The van der Waals surface area contributed by atoms with Crippen molar-refractivity contribution in [3.05, 3.63) is 52.7 Å². The van der Waals surface area contributed by atoms with Crippen molar-refractivity contribution in [1.29, 1.82) is 0 Å². The van der Waals surface area contributed by atoms with E-state index in [0.717, 1.165) is 17.7 Å². The molecule has 0 aliphatic carbocycles. The van der Waals surface area contributed by atoms with Gasteiger partial charge < -0.3 is 14.8 Å². The van der Waals surface area contributed by atoms with Crippen molar-refractivity contribution < 1.29 is 9.47 Å². The zero-order valence-corrected chi connectivity index (χ0v) is 12.3. The molecule has 0 bridgehead atoms. The van der Waals surface area contributed by atoms with Crippen LogP contribution < -0.4 is 10.1 Å². The van der Waals surface area contributed by atoms with Crippen molar-refractivity contribution in [2.75, 3.05) is 14.2 Å². The third-order valence-corrected chi connectivity index (χ3v) is 2.94. The predicted molar refractivity (Wildman–Crippen MR) is 79.2 cm³/mol. The second-order valence-electron chi connectivity index (χ2n) is 4.34. The number of benzene rings is 1. The van der Waals surface area contributed by atoms with Crippen LogP contribution in [0.3, 0.4) is 0 Å². The molecular formula is C15H17ClN2O2. The van der Waals surface area contributed by atoms with Crippen LogP contribution in [0.2, 0.25) is 5.02 Å². The lowest BCUT2D eigenvalue weighted by atomic mass is 10.2. The Morgan fingerprint density at radius 3 is 2.80 bits per heavy atom. The van der Waals surface area contributed by atoms with Gasteiger partial charge >= 0.3 is 0 Å². The Labute approximate surface area is 123 Å². The molecule has 0 radical (unpaired) electrons. The Kier molecular flexibility index (Phi) is 5.35. The van der Waals surface area contributed by atoms with E-state index in [4.69, 9.17) is 21.1 Å². The molecule has 0 aliphatic heterocycles. The summed E-state index contributed by atoms with van der Waals surface area (Å²) in [5.74, 6) is 1.09. The van der Waals surface area contributed by atoms with Gasteiger partial charge in [-0.25, -0.2) is 4.98 Å². The van der Waals surface area contributed by atoms with Crippen LogP contribution >= 0.6 is 11.6 Å². The number of pyridine rings is 1. The molecule has 0 fully saturated rings. The Morgan fingerprint density at radius 1 is 1.25 bits per heavy atom. The molecule has 0 amide bonds. The highest BCUT2D eigenvalue weighted by Gasteiger charge is 2.06.